The summed E-state index contributed by atoms with van der Waals surface area (Å²) in [6.45, 7) is 3.71. The van der Waals surface area contributed by atoms with Gasteiger partial charge < -0.3 is 9.15 Å². The molecule has 3 rings (SSSR count). The number of furan rings is 1. The molecule has 154 valence electrons. The van der Waals surface area contributed by atoms with Crippen molar-refractivity contribution in [3.05, 3.63) is 80.6 Å². The molecule has 0 aliphatic carbocycles. The Balaban J connectivity index is 1.57. The first-order valence-electron chi connectivity index (χ1n) is 8.90. The van der Waals surface area contributed by atoms with E-state index in [4.69, 9.17) is 20.8 Å². The second-order valence-electron chi connectivity index (χ2n) is 6.40. The molecule has 0 bridgehead atoms. The van der Waals surface area contributed by atoms with Gasteiger partial charge in [-0.1, -0.05) is 23.7 Å². The van der Waals surface area contributed by atoms with E-state index in [9.17, 15) is 14.9 Å². The molecule has 3 aromatic rings. The van der Waals surface area contributed by atoms with Crippen molar-refractivity contribution in [3.63, 3.8) is 0 Å². The number of non-ortho nitro benzene ring substituents is 1. The number of nitro groups is 1. The minimum absolute atomic E-state index is 0.108. The lowest BCUT2D eigenvalue weighted by molar-refractivity contribution is -0.384. The molecule has 8 nitrogen and oxygen atoms in total. The molecule has 0 saturated heterocycles. The van der Waals surface area contributed by atoms with Gasteiger partial charge in [0.05, 0.1) is 16.2 Å². The van der Waals surface area contributed by atoms with Crippen LogP contribution >= 0.6 is 11.6 Å². The minimum atomic E-state index is -0.525. The van der Waals surface area contributed by atoms with Crippen molar-refractivity contribution in [2.24, 2.45) is 5.10 Å². The van der Waals surface area contributed by atoms with E-state index in [-0.39, 0.29) is 17.3 Å². The normalized spacial score (nSPS) is 10.9. The van der Waals surface area contributed by atoms with Gasteiger partial charge in [-0.25, -0.2) is 5.43 Å². The van der Waals surface area contributed by atoms with Crippen LogP contribution in [0.1, 0.15) is 16.9 Å². The van der Waals surface area contributed by atoms with Crippen molar-refractivity contribution < 1.29 is 18.9 Å². The molecule has 0 fully saturated rings. The average molecular weight is 428 g/mol. The first kappa shape index (κ1) is 21.1. The molecule has 9 heteroatoms. The molecular formula is C21H18ClN3O5. The second kappa shape index (κ2) is 9.23. The van der Waals surface area contributed by atoms with Crippen LogP contribution in [0.2, 0.25) is 5.02 Å². The van der Waals surface area contributed by atoms with Gasteiger partial charge in [-0.2, -0.15) is 5.10 Å². The fourth-order valence-corrected chi connectivity index (χ4v) is 2.88. The lowest BCUT2D eigenvalue weighted by atomic mass is 10.1. The highest BCUT2D eigenvalue weighted by Gasteiger charge is 2.13. The standard InChI is InChI=1S/C21H18ClN3O5/c1-13-4-3-5-19(14(13)2)29-12-21(26)24-23-11-16-7-9-20(30-16)17-8-6-15(25(27)28)10-18(17)22/h3-11H,12H2,1-2H3,(H,24,26). The number of ether oxygens (including phenoxy) is 1. The second-order valence-corrected chi connectivity index (χ2v) is 6.81. The van der Waals surface area contributed by atoms with E-state index >= 15 is 0 Å². The van der Waals surface area contributed by atoms with Crippen LogP contribution in [0.3, 0.4) is 0 Å². The molecule has 0 atom stereocenters. The van der Waals surface area contributed by atoms with E-state index in [1.807, 2.05) is 26.0 Å². The number of benzene rings is 2. The van der Waals surface area contributed by atoms with Crippen molar-refractivity contribution in [2.75, 3.05) is 6.61 Å². The monoisotopic (exact) mass is 427 g/mol. The number of nitro benzene ring substituents is 1. The summed E-state index contributed by atoms with van der Waals surface area (Å²) in [5, 5.41) is 14.8. The van der Waals surface area contributed by atoms with Crippen LogP contribution in [0.25, 0.3) is 11.3 Å². The maximum absolute atomic E-state index is 11.9. The van der Waals surface area contributed by atoms with E-state index in [1.165, 1.54) is 24.4 Å². The number of aryl methyl sites for hydroxylation is 1. The molecular weight excluding hydrogens is 410 g/mol. The van der Waals surface area contributed by atoms with Gasteiger partial charge in [0.15, 0.2) is 6.61 Å². The third-order valence-corrected chi connectivity index (χ3v) is 4.66. The summed E-state index contributed by atoms with van der Waals surface area (Å²) in [4.78, 5) is 22.2. The number of nitrogens with zero attached hydrogens (tertiary/aromatic N) is 2. The molecule has 0 spiro atoms. The quantitative estimate of drug-likeness (QED) is 0.335. The van der Waals surface area contributed by atoms with E-state index in [0.717, 1.165) is 11.1 Å². The molecule has 0 aliphatic rings. The van der Waals surface area contributed by atoms with Crippen molar-refractivity contribution >= 4 is 29.4 Å². The van der Waals surface area contributed by atoms with Gasteiger partial charge in [-0.3, -0.25) is 14.9 Å². The molecule has 1 N–H and O–H groups in total. The summed E-state index contributed by atoms with van der Waals surface area (Å²) >= 11 is 6.10. The van der Waals surface area contributed by atoms with Gasteiger partial charge in [-0.05, 0) is 49.2 Å². The lowest BCUT2D eigenvalue weighted by Gasteiger charge is -2.09. The number of hydrazone groups is 1. The highest BCUT2D eigenvalue weighted by atomic mass is 35.5. The molecule has 1 heterocycles. The predicted molar refractivity (Wildman–Crippen MR) is 113 cm³/mol. The number of amides is 1. The molecule has 0 aliphatic heterocycles. The Kier molecular flexibility index (Phi) is 6.48. The van der Waals surface area contributed by atoms with E-state index in [1.54, 1.807) is 18.2 Å². The Labute approximate surface area is 177 Å². The van der Waals surface area contributed by atoms with Gasteiger partial charge in [-0.15, -0.1) is 0 Å². The van der Waals surface area contributed by atoms with Crippen molar-refractivity contribution in [1.82, 2.24) is 5.43 Å². The van der Waals surface area contributed by atoms with E-state index in [2.05, 4.69) is 10.5 Å². The van der Waals surface area contributed by atoms with Gasteiger partial charge in [0.2, 0.25) is 0 Å². The van der Waals surface area contributed by atoms with Crippen LogP contribution < -0.4 is 10.2 Å². The highest BCUT2D eigenvalue weighted by molar-refractivity contribution is 6.33. The van der Waals surface area contributed by atoms with Crippen molar-refractivity contribution in [1.29, 1.82) is 0 Å². The first-order chi connectivity index (χ1) is 14.3. The van der Waals surface area contributed by atoms with Crippen LogP contribution in [0.5, 0.6) is 5.75 Å². The SMILES string of the molecule is Cc1cccc(OCC(=O)NN=Cc2ccc(-c3ccc([N+](=O)[O-])cc3Cl)o2)c1C. The van der Waals surface area contributed by atoms with Gasteiger partial charge >= 0.3 is 0 Å². The van der Waals surface area contributed by atoms with E-state index < -0.39 is 10.8 Å². The smallest absolute Gasteiger partial charge is 0.277 e. The zero-order valence-corrected chi connectivity index (χ0v) is 17.0. The van der Waals surface area contributed by atoms with Gasteiger partial charge in [0.25, 0.3) is 11.6 Å². The Morgan fingerprint density at radius 1 is 1.27 bits per heavy atom. The summed E-state index contributed by atoms with van der Waals surface area (Å²) in [6.07, 6.45) is 1.33. The molecule has 0 saturated carbocycles. The van der Waals surface area contributed by atoms with Gasteiger partial charge in [0, 0.05) is 17.7 Å². The maximum Gasteiger partial charge on any atom is 0.277 e. The Hall–Kier alpha value is -3.65. The molecule has 1 aromatic heterocycles. The zero-order chi connectivity index (χ0) is 21.7. The van der Waals surface area contributed by atoms with Gasteiger partial charge in [0.1, 0.15) is 17.3 Å². The van der Waals surface area contributed by atoms with Crippen LogP contribution in [0.4, 0.5) is 5.69 Å². The Morgan fingerprint density at radius 2 is 2.07 bits per heavy atom. The Morgan fingerprint density at radius 3 is 2.80 bits per heavy atom. The summed E-state index contributed by atoms with van der Waals surface area (Å²) in [5.74, 6) is 1.01. The van der Waals surface area contributed by atoms with E-state index in [0.29, 0.717) is 22.8 Å². The van der Waals surface area contributed by atoms with Crippen LogP contribution in [-0.2, 0) is 4.79 Å². The third-order valence-electron chi connectivity index (χ3n) is 4.35. The third kappa shape index (κ3) is 5.03. The van der Waals surface area contributed by atoms with Crippen LogP contribution in [0, 0.1) is 24.0 Å². The number of rotatable bonds is 7. The van der Waals surface area contributed by atoms with Crippen molar-refractivity contribution in [2.45, 2.75) is 13.8 Å². The number of hydrogen-bond donors (Lipinski definition) is 1. The van der Waals surface area contributed by atoms with Crippen LogP contribution in [0.15, 0.2) is 58.0 Å². The summed E-state index contributed by atoms with van der Waals surface area (Å²) in [5.41, 5.74) is 4.81. The minimum Gasteiger partial charge on any atom is -0.483 e. The number of carbonyl (C=O) groups is 1. The Bertz CT molecular complexity index is 1120. The maximum atomic E-state index is 11.9. The number of halogens is 1. The summed E-state index contributed by atoms with van der Waals surface area (Å²) in [7, 11) is 0. The number of carbonyl (C=O) groups excluding carboxylic acids is 1. The summed E-state index contributed by atoms with van der Waals surface area (Å²) < 4.78 is 11.1. The number of nitrogens with one attached hydrogen (secondary N) is 1. The fourth-order valence-electron chi connectivity index (χ4n) is 2.61. The molecule has 0 unspecified atom stereocenters. The zero-order valence-electron chi connectivity index (χ0n) is 16.2. The molecule has 0 radical (unpaired) electrons. The molecule has 2 aromatic carbocycles. The topological polar surface area (TPSA) is 107 Å². The lowest BCUT2D eigenvalue weighted by Crippen LogP contribution is -2.24. The first-order valence-corrected chi connectivity index (χ1v) is 9.28. The highest BCUT2D eigenvalue weighted by Crippen LogP contribution is 2.32. The fraction of sp³-hybridized carbons (Fsp3) is 0.143. The van der Waals surface area contributed by atoms with Crippen molar-refractivity contribution in [3.8, 4) is 17.1 Å². The summed E-state index contributed by atoms with van der Waals surface area (Å²) in [6, 6.07) is 13.0. The van der Waals surface area contributed by atoms with Crippen LogP contribution in [-0.4, -0.2) is 23.7 Å². The molecule has 1 amide bonds. The number of hydrogen-bond acceptors (Lipinski definition) is 6. The average Bonchev–Trinajstić information content (AvgIpc) is 3.17. The predicted octanol–water partition coefficient (Wildman–Crippen LogP) is 4.65. The molecule has 30 heavy (non-hydrogen) atoms. The largest absolute Gasteiger partial charge is 0.483 e.